The number of hydrogen-bond donors (Lipinski definition) is 2. The van der Waals surface area contributed by atoms with Gasteiger partial charge < -0.3 is 10.0 Å². The second-order valence-corrected chi connectivity index (χ2v) is 5.59. The van der Waals surface area contributed by atoms with Crippen molar-refractivity contribution in [1.29, 1.82) is 0 Å². The molecule has 0 spiro atoms. The molecule has 0 aromatic rings. The molecule has 0 amide bonds. The van der Waals surface area contributed by atoms with Crippen LogP contribution in [-0.4, -0.2) is 56.3 Å². The summed E-state index contributed by atoms with van der Waals surface area (Å²) in [6, 6.07) is 0.379. The SMILES string of the molecule is CCC(C)N(C)CCNS(=O)(=O)CC(=O)O. The number of sulfonamides is 1. The Morgan fingerprint density at radius 3 is 2.50 bits per heavy atom. The third kappa shape index (κ3) is 6.76. The van der Waals surface area contributed by atoms with Crippen LogP contribution in [0.2, 0.25) is 0 Å². The lowest BCUT2D eigenvalue weighted by Crippen LogP contribution is -2.38. The molecule has 6 nitrogen and oxygen atoms in total. The molecule has 7 heteroatoms. The number of aliphatic carboxylic acids is 1. The van der Waals surface area contributed by atoms with Crippen molar-refractivity contribution in [3.05, 3.63) is 0 Å². The smallest absolute Gasteiger partial charge is 0.320 e. The van der Waals surface area contributed by atoms with Crippen LogP contribution in [-0.2, 0) is 14.8 Å². The lowest BCUT2D eigenvalue weighted by atomic mass is 10.2. The van der Waals surface area contributed by atoms with Gasteiger partial charge in [-0.25, -0.2) is 13.1 Å². The number of likely N-dealkylation sites (N-methyl/N-ethyl adjacent to an activating group) is 1. The second kappa shape index (κ2) is 6.82. The van der Waals surface area contributed by atoms with Crippen molar-refractivity contribution in [3.63, 3.8) is 0 Å². The Morgan fingerprint density at radius 2 is 2.06 bits per heavy atom. The van der Waals surface area contributed by atoms with Crippen LogP contribution in [0.25, 0.3) is 0 Å². The molecule has 0 aliphatic rings. The van der Waals surface area contributed by atoms with Gasteiger partial charge in [-0.1, -0.05) is 6.92 Å². The first-order valence-electron chi connectivity index (χ1n) is 5.18. The first-order valence-corrected chi connectivity index (χ1v) is 6.83. The number of carboxylic acids is 1. The van der Waals surface area contributed by atoms with Crippen LogP contribution in [0.15, 0.2) is 0 Å². The van der Waals surface area contributed by atoms with Crippen LogP contribution < -0.4 is 4.72 Å². The van der Waals surface area contributed by atoms with Crippen LogP contribution in [0.3, 0.4) is 0 Å². The molecule has 0 aliphatic heterocycles. The van der Waals surface area contributed by atoms with Gasteiger partial charge in [0.2, 0.25) is 10.0 Å². The molecular formula is C9H20N2O4S. The van der Waals surface area contributed by atoms with E-state index in [1.807, 2.05) is 18.9 Å². The van der Waals surface area contributed by atoms with Crippen molar-refractivity contribution >= 4 is 16.0 Å². The Bertz CT molecular complexity index is 315. The molecule has 0 saturated heterocycles. The summed E-state index contributed by atoms with van der Waals surface area (Å²) in [5.74, 6) is -2.22. The van der Waals surface area contributed by atoms with Crippen molar-refractivity contribution in [2.75, 3.05) is 25.9 Å². The molecule has 16 heavy (non-hydrogen) atoms. The van der Waals surface area contributed by atoms with E-state index in [0.29, 0.717) is 12.6 Å². The summed E-state index contributed by atoms with van der Waals surface area (Å²) in [6.07, 6.45) is 0.984. The molecule has 2 N–H and O–H groups in total. The van der Waals surface area contributed by atoms with Crippen LogP contribution >= 0.6 is 0 Å². The van der Waals surface area contributed by atoms with Crippen molar-refractivity contribution in [2.45, 2.75) is 26.3 Å². The Hall–Kier alpha value is -0.660. The standard InChI is InChI=1S/C9H20N2O4S/c1-4-8(2)11(3)6-5-10-16(14,15)7-9(12)13/h8,10H,4-7H2,1-3H3,(H,12,13). The predicted octanol–water partition coefficient (Wildman–Crippen LogP) is -0.279. The maximum atomic E-state index is 11.2. The summed E-state index contributed by atoms with van der Waals surface area (Å²) in [6.45, 7) is 4.89. The summed E-state index contributed by atoms with van der Waals surface area (Å²) < 4.78 is 24.6. The molecule has 1 atom stereocenters. The van der Waals surface area contributed by atoms with E-state index < -0.39 is 21.7 Å². The summed E-state index contributed by atoms with van der Waals surface area (Å²) in [5, 5.41) is 8.35. The van der Waals surface area contributed by atoms with Gasteiger partial charge in [0.1, 0.15) is 0 Å². The van der Waals surface area contributed by atoms with Crippen LogP contribution in [0.1, 0.15) is 20.3 Å². The monoisotopic (exact) mass is 252 g/mol. The highest BCUT2D eigenvalue weighted by atomic mass is 32.2. The normalized spacial score (nSPS) is 14.0. The van der Waals surface area contributed by atoms with E-state index in [4.69, 9.17) is 5.11 Å². The second-order valence-electron chi connectivity index (χ2n) is 3.79. The Kier molecular flexibility index (Phi) is 6.54. The zero-order valence-corrected chi connectivity index (χ0v) is 10.7. The van der Waals surface area contributed by atoms with E-state index in [1.54, 1.807) is 0 Å². The zero-order chi connectivity index (χ0) is 12.8. The van der Waals surface area contributed by atoms with Crippen molar-refractivity contribution in [1.82, 2.24) is 9.62 Å². The first-order chi connectivity index (χ1) is 7.28. The molecule has 0 bridgehead atoms. The summed E-state index contributed by atoms with van der Waals surface area (Å²) >= 11 is 0. The highest BCUT2D eigenvalue weighted by molar-refractivity contribution is 7.90. The molecule has 1 unspecified atom stereocenters. The molecule has 0 aromatic carbocycles. The van der Waals surface area contributed by atoms with Crippen LogP contribution in [0.5, 0.6) is 0 Å². The van der Waals surface area contributed by atoms with Gasteiger partial charge in [-0.3, -0.25) is 4.79 Å². The number of nitrogens with one attached hydrogen (secondary N) is 1. The van der Waals surface area contributed by atoms with Gasteiger partial charge in [0, 0.05) is 19.1 Å². The highest BCUT2D eigenvalue weighted by Gasteiger charge is 2.15. The minimum absolute atomic E-state index is 0.233. The molecule has 0 fully saturated rings. The summed E-state index contributed by atoms with van der Waals surface area (Å²) in [5.41, 5.74) is 0. The van der Waals surface area contributed by atoms with Crippen molar-refractivity contribution in [3.8, 4) is 0 Å². The average molecular weight is 252 g/mol. The largest absolute Gasteiger partial charge is 0.480 e. The van der Waals surface area contributed by atoms with Gasteiger partial charge in [0.05, 0.1) is 0 Å². The lowest BCUT2D eigenvalue weighted by molar-refractivity contribution is -0.134. The molecule has 96 valence electrons. The number of rotatable bonds is 8. The highest BCUT2D eigenvalue weighted by Crippen LogP contribution is 1.98. The van der Waals surface area contributed by atoms with Crippen molar-refractivity contribution < 1.29 is 18.3 Å². The molecule has 0 aromatic heterocycles. The Labute approximate surface area is 96.7 Å². The van der Waals surface area contributed by atoms with Gasteiger partial charge in [0.25, 0.3) is 0 Å². The fraction of sp³-hybridized carbons (Fsp3) is 0.889. The lowest BCUT2D eigenvalue weighted by Gasteiger charge is -2.23. The molecule has 0 rings (SSSR count). The van der Waals surface area contributed by atoms with Gasteiger partial charge in [-0.05, 0) is 20.4 Å². The quantitative estimate of drug-likeness (QED) is 0.620. The van der Waals surface area contributed by atoms with Crippen LogP contribution in [0, 0.1) is 0 Å². The minimum atomic E-state index is -3.69. The van der Waals surface area contributed by atoms with Crippen molar-refractivity contribution in [2.24, 2.45) is 0 Å². The number of hydrogen-bond acceptors (Lipinski definition) is 4. The van der Waals surface area contributed by atoms with E-state index >= 15 is 0 Å². The maximum Gasteiger partial charge on any atom is 0.320 e. The average Bonchev–Trinajstić information content (AvgIpc) is 2.13. The van der Waals surface area contributed by atoms with E-state index in [-0.39, 0.29) is 6.54 Å². The first kappa shape index (κ1) is 15.3. The maximum absolute atomic E-state index is 11.2. The molecule has 0 radical (unpaired) electrons. The Balaban J connectivity index is 3.94. The Morgan fingerprint density at radius 1 is 1.50 bits per heavy atom. The summed E-state index contributed by atoms with van der Waals surface area (Å²) in [4.78, 5) is 12.3. The fourth-order valence-corrected chi connectivity index (χ4v) is 1.95. The number of carboxylic acid groups (broad SMARTS) is 1. The third-order valence-corrected chi connectivity index (χ3v) is 3.71. The molecule has 0 saturated carbocycles. The van der Waals surface area contributed by atoms with Gasteiger partial charge >= 0.3 is 5.97 Å². The number of carbonyl (C=O) groups is 1. The number of nitrogens with zero attached hydrogens (tertiary/aromatic N) is 1. The predicted molar refractivity (Wildman–Crippen MR) is 61.8 cm³/mol. The topological polar surface area (TPSA) is 86.7 Å². The molecule has 0 aliphatic carbocycles. The van der Waals surface area contributed by atoms with Gasteiger partial charge in [-0.15, -0.1) is 0 Å². The van der Waals surface area contributed by atoms with E-state index in [1.165, 1.54) is 0 Å². The zero-order valence-electron chi connectivity index (χ0n) is 9.93. The van der Waals surface area contributed by atoms with E-state index in [2.05, 4.69) is 11.6 Å². The molecule has 0 heterocycles. The van der Waals surface area contributed by atoms with E-state index in [0.717, 1.165) is 6.42 Å². The minimum Gasteiger partial charge on any atom is -0.480 e. The molecular weight excluding hydrogens is 232 g/mol. The summed E-state index contributed by atoms with van der Waals surface area (Å²) in [7, 11) is -1.78. The van der Waals surface area contributed by atoms with Gasteiger partial charge in [0.15, 0.2) is 5.75 Å². The van der Waals surface area contributed by atoms with E-state index in [9.17, 15) is 13.2 Å². The third-order valence-electron chi connectivity index (χ3n) is 2.44. The van der Waals surface area contributed by atoms with Crippen LogP contribution in [0.4, 0.5) is 0 Å². The van der Waals surface area contributed by atoms with Gasteiger partial charge in [-0.2, -0.15) is 0 Å². The fourth-order valence-electron chi connectivity index (χ4n) is 1.12.